The molecule has 0 radical (unpaired) electrons. The number of nitrogens with one attached hydrogen (secondary N) is 1. The van der Waals surface area contributed by atoms with Gasteiger partial charge < -0.3 is 9.73 Å². The number of aromatic nitrogens is 2. The van der Waals surface area contributed by atoms with Crippen molar-refractivity contribution >= 4 is 0 Å². The molecule has 1 N–H and O–H groups in total. The van der Waals surface area contributed by atoms with Gasteiger partial charge in [-0.2, -0.15) is 0 Å². The minimum Gasteiger partial charge on any atom is -0.469 e. The molecule has 1 unspecified atom stereocenters. The van der Waals surface area contributed by atoms with E-state index in [4.69, 9.17) is 9.40 Å². The van der Waals surface area contributed by atoms with Crippen LogP contribution in [0.4, 0.5) is 0 Å². The molecule has 1 aliphatic rings. The Morgan fingerprint density at radius 2 is 2.35 bits per heavy atom. The van der Waals surface area contributed by atoms with Gasteiger partial charge in [0.2, 0.25) is 0 Å². The molecule has 4 nitrogen and oxygen atoms in total. The van der Waals surface area contributed by atoms with E-state index in [9.17, 15) is 0 Å². The van der Waals surface area contributed by atoms with Crippen molar-refractivity contribution < 1.29 is 4.42 Å². The monoisotopic (exact) mass is 271 g/mol. The van der Waals surface area contributed by atoms with Crippen LogP contribution >= 0.6 is 0 Å². The van der Waals surface area contributed by atoms with Gasteiger partial charge in [0.15, 0.2) is 5.82 Å². The fourth-order valence-electron chi connectivity index (χ4n) is 2.82. The Kier molecular flexibility index (Phi) is 3.83. The molecule has 0 spiro atoms. The smallest absolute Gasteiger partial charge is 0.162 e. The van der Waals surface area contributed by atoms with E-state index >= 15 is 0 Å². The van der Waals surface area contributed by atoms with Gasteiger partial charge in [-0.15, -0.1) is 0 Å². The van der Waals surface area contributed by atoms with Crippen molar-refractivity contribution in [3.05, 3.63) is 35.5 Å². The zero-order valence-electron chi connectivity index (χ0n) is 12.1. The van der Waals surface area contributed by atoms with Gasteiger partial charge in [-0.1, -0.05) is 6.92 Å². The number of fused-ring (bicyclic) bond motifs is 1. The van der Waals surface area contributed by atoms with Gasteiger partial charge in [-0.25, -0.2) is 9.97 Å². The molecule has 0 amide bonds. The van der Waals surface area contributed by atoms with Crippen molar-refractivity contribution in [2.45, 2.75) is 45.6 Å². The Hall–Kier alpha value is -1.68. The SMILES string of the molecule is CCCNC1CCCc2nc(-c3ccoc3C)ncc21. The number of hydrogen-bond acceptors (Lipinski definition) is 4. The van der Waals surface area contributed by atoms with Gasteiger partial charge >= 0.3 is 0 Å². The lowest BCUT2D eigenvalue weighted by atomic mass is 9.92. The lowest BCUT2D eigenvalue weighted by molar-refractivity contribution is 0.453. The van der Waals surface area contributed by atoms with Crippen molar-refractivity contribution in [2.75, 3.05) is 6.54 Å². The highest BCUT2D eigenvalue weighted by molar-refractivity contribution is 5.57. The topological polar surface area (TPSA) is 51.0 Å². The molecule has 1 aliphatic carbocycles. The van der Waals surface area contributed by atoms with Crippen LogP contribution in [0.3, 0.4) is 0 Å². The minimum absolute atomic E-state index is 0.415. The molecule has 20 heavy (non-hydrogen) atoms. The van der Waals surface area contributed by atoms with Gasteiger partial charge in [0.05, 0.1) is 11.8 Å². The number of hydrogen-bond donors (Lipinski definition) is 1. The quantitative estimate of drug-likeness (QED) is 0.925. The largest absolute Gasteiger partial charge is 0.469 e. The predicted octanol–water partition coefficient (Wildman–Crippen LogP) is 3.42. The van der Waals surface area contributed by atoms with Crippen LogP contribution in [0.25, 0.3) is 11.4 Å². The van der Waals surface area contributed by atoms with E-state index in [2.05, 4.69) is 17.2 Å². The van der Waals surface area contributed by atoms with Crippen molar-refractivity contribution in [1.82, 2.24) is 15.3 Å². The average molecular weight is 271 g/mol. The number of nitrogens with zero attached hydrogens (tertiary/aromatic N) is 2. The highest BCUT2D eigenvalue weighted by Crippen LogP contribution is 2.30. The molecule has 0 saturated carbocycles. The van der Waals surface area contributed by atoms with Crippen LogP contribution in [0.1, 0.15) is 49.2 Å². The molecule has 1 atom stereocenters. The summed E-state index contributed by atoms with van der Waals surface area (Å²) in [6.07, 6.45) is 8.26. The molecule has 0 saturated heterocycles. The highest BCUT2D eigenvalue weighted by Gasteiger charge is 2.22. The number of furan rings is 1. The van der Waals surface area contributed by atoms with E-state index in [1.54, 1.807) is 6.26 Å². The van der Waals surface area contributed by atoms with Crippen LogP contribution in [-0.2, 0) is 6.42 Å². The molecular weight excluding hydrogens is 250 g/mol. The van der Waals surface area contributed by atoms with Crippen LogP contribution in [-0.4, -0.2) is 16.5 Å². The summed E-state index contributed by atoms with van der Waals surface area (Å²) in [5, 5.41) is 3.59. The fraction of sp³-hybridized carbons (Fsp3) is 0.500. The van der Waals surface area contributed by atoms with Crippen molar-refractivity contribution in [3.8, 4) is 11.4 Å². The molecule has 0 aliphatic heterocycles. The maximum atomic E-state index is 5.34. The van der Waals surface area contributed by atoms with Crippen LogP contribution in [0.2, 0.25) is 0 Å². The fourth-order valence-corrected chi connectivity index (χ4v) is 2.82. The lowest BCUT2D eigenvalue weighted by Crippen LogP contribution is -2.26. The molecule has 3 rings (SSSR count). The minimum atomic E-state index is 0.415. The molecule has 106 valence electrons. The number of aryl methyl sites for hydroxylation is 2. The van der Waals surface area contributed by atoms with Crippen molar-refractivity contribution in [1.29, 1.82) is 0 Å². The second-order valence-electron chi connectivity index (χ2n) is 5.39. The molecule has 0 fully saturated rings. The lowest BCUT2D eigenvalue weighted by Gasteiger charge is -2.25. The van der Waals surface area contributed by atoms with Crippen LogP contribution < -0.4 is 5.32 Å². The van der Waals surface area contributed by atoms with Gasteiger partial charge in [0.25, 0.3) is 0 Å². The van der Waals surface area contributed by atoms with E-state index in [1.165, 1.54) is 24.1 Å². The summed E-state index contributed by atoms with van der Waals surface area (Å²) in [6, 6.07) is 2.35. The summed E-state index contributed by atoms with van der Waals surface area (Å²) in [5.41, 5.74) is 3.46. The molecule has 2 aromatic heterocycles. The van der Waals surface area contributed by atoms with Gasteiger partial charge in [-0.05, 0) is 45.2 Å². The molecule has 0 aromatic carbocycles. The Balaban J connectivity index is 1.91. The van der Waals surface area contributed by atoms with Crippen molar-refractivity contribution in [2.24, 2.45) is 0 Å². The summed E-state index contributed by atoms with van der Waals surface area (Å²) in [5.74, 6) is 1.66. The molecule has 2 heterocycles. The van der Waals surface area contributed by atoms with Gasteiger partial charge in [-0.3, -0.25) is 0 Å². The molecule has 0 bridgehead atoms. The maximum Gasteiger partial charge on any atom is 0.162 e. The van der Waals surface area contributed by atoms with E-state index in [1.807, 2.05) is 19.2 Å². The first kappa shape index (κ1) is 13.3. The van der Waals surface area contributed by atoms with Gasteiger partial charge in [0, 0.05) is 23.5 Å². The van der Waals surface area contributed by atoms with Crippen LogP contribution in [0.5, 0.6) is 0 Å². The third-order valence-electron chi connectivity index (χ3n) is 3.92. The third kappa shape index (κ3) is 2.48. The average Bonchev–Trinajstić information content (AvgIpc) is 2.90. The normalized spacial score (nSPS) is 18.0. The second-order valence-corrected chi connectivity index (χ2v) is 5.39. The second kappa shape index (κ2) is 5.75. The first-order chi connectivity index (χ1) is 9.79. The summed E-state index contributed by atoms with van der Waals surface area (Å²) >= 11 is 0. The highest BCUT2D eigenvalue weighted by atomic mass is 16.3. The zero-order chi connectivity index (χ0) is 13.9. The summed E-state index contributed by atoms with van der Waals surface area (Å²) in [6.45, 7) is 5.19. The molecule has 2 aromatic rings. The molecule has 4 heteroatoms. The maximum absolute atomic E-state index is 5.34. The van der Waals surface area contributed by atoms with Crippen LogP contribution in [0.15, 0.2) is 22.9 Å². The van der Waals surface area contributed by atoms with Crippen LogP contribution in [0, 0.1) is 6.92 Å². The summed E-state index contributed by atoms with van der Waals surface area (Å²) in [7, 11) is 0. The van der Waals surface area contributed by atoms with E-state index in [0.717, 1.165) is 36.5 Å². The van der Waals surface area contributed by atoms with E-state index in [-0.39, 0.29) is 0 Å². The van der Waals surface area contributed by atoms with E-state index in [0.29, 0.717) is 6.04 Å². The first-order valence-electron chi connectivity index (χ1n) is 7.43. The Morgan fingerprint density at radius 3 is 3.10 bits per heavy atom. The Morgan fingerprint density at radius 1 is 1.45 bits per heavy atom. The standard InChI is InChI=1S/C16H21N3O/c1-3-8-17-14-5-4-6-15-13(14)10-18-16(19-15)12-7-9-20-11(12)2/h7,9-10,14,17H,3-6,8H2,1-2H3. The summed E-state index contributed by atoms with van der Waals surface area (Å²) < 4.78 is 5.34. The summed E-state index contributed by atoms with van der Waals surface area (Å²) in [4.78, 5) is 9.31. The zero-order valence-corrected chi connectivity index (χ0v) is 12.1. The number of rotatable bonds is 4. The Bertz CT molecular complexity index is 591. The van der Waals surface area contributed by atoms with Gasteiger partial charge in [0.1, 0.15) is 5.76 Å². The predicted molar refractivity (Wildman–Crippen MR) is 78.4 cm³/mol. The third-order valence-corrected chi connectivity index (χ3v) is 3.92. The first-order valence-corrected chi connectivity index (χ1v) is 7.43. The van der Waals surface area contributed by atoms with Crippen molar-refractivity contribution in [3.63, 3.8) is 0 Å². The Labute approximate surface area is 119 Å². The van der Waals surface area contributed by atoms with E-state index < -0.39 is 0 Å². The molecular formula is C16H21N3O.